The zero-order valence-electron chi connectivity index (χ0n) is 26.9. The van der Waals surface area contributed by atoms with Crippen LogP contribution in [0.5, 0.6) is 0 Å². The van der Waals surface area contributed by atoms with E-state index in [1.807, 2.05) is 30.8 Å². The lowest BCUT2D eigenvalue weighted by Gasteiger charge is -2.49. The maximum absolute atomic E-state index is 15.3. The predicted octanol–water partition coefficient (Wildman–Crippen LogP) is 2.66. The van der Waals surface area contributed by atoms with Crippen LogP contribution in [0, 0.1) is 12.7 Å². The molecule has 0 radical (unpaired) electrons. The van der Waals surface area contributed by atoms with E-state index < -0.39 is 52.3 Å². The van der Waals surface area contributed by atoms with Crippen molar-refractivity contribution < 1.29 is 43.2 Å². The van der Waals surface area contributed by atoms with E-state index in [0.717, 1.165) is 27.4 Å². The van der Waals surface area contributed by atoms with Crippen LogP contribution in [0.4, 0.5) is 9.52 Å². The standard InChI is InChI=1S/C31H29FN8O7S3/c1-13-9-34-24(35-13)15-8-19-16(7-17(15)32)20(5-6-39(19)4)48-10-14-11-49-27-22(26(42)40(27)23(14)28(43)44)37-25(41)21(18-12-50-30(33)36-18)38-47-31(2,3)29(45)46/h5-9,12,22,27H,10-11H2,1-4H3,(H5,33,36,37,41,43,44,45,46)/p+1/b38-21-/t22?,27-/m1/s1. The number of β-lactam (4-membered cyclic amide) rings is 1. The van der Waals surface area contributed by atoms with E-state index in [-0.39, 0.29) is 28.0 Å². The number of amides is 2. The minimum atomic E-state index is -1.79. The first-order chi connectivity index (χ1) is 23.7. The fourth-order valence-corrected chi connectivity index (χ4v) is 8.29. The molecule has 1 unspecified atom stereocenters. The number of aliphatic carboxylic acids is 2. The second kappa shape index (κ2) is 13.4. The molecule has 6 N–H and O–H groups in total. The Balaban J connectivity index is 1.22. The van der Waals surface area contributed by atoms with Crippen molar-refractivity contribution in [3.63, 3.8) is 0 Å². The van der Waals surface area contributed by atoms with Crippen molar-refractivity contribution in [2.45, 2.75) is 42.7 Å². The predicted molar refractivity (Wildman–Crippen MR) is 184 cm³/mol. The molecular weight excluding hydrogens is 712 g/mol. The Morgan fingerprint density at radius 2 is 2.08 bits per heavy atom. The van der Waals surface area contributed by atoms with E-state index in [4.69, 9.17) is 10.6 Å². The van der Waals surface area contributed by atoms with Crippen molar-refractivity contribution in [1.29, 1.82) is 0 Å². The van der Waals surface area contributed by atoms with Gasteiger partial charge in [0.15, 0.2) is 17.0 Å². The molecule has 1 saturated heterocycles. The van der Waals surface area contributed by atoms with Gasteiger partial charge in [0.1, 0.15) is 41.5 Å². The van der Waals surface area contributed by atoms with Crippen LogP contribution in [0.25, 0.3) is 22.3 Å². The number of oxime groups is 1. The summed E-state index contributed by atoms with van der Waals surface area (Å²) in [4.78, 5) is 69.1. The highest BCUT2D eigenvalue weighted by molar-refractivity contribution is 8.01. The van der Waals surface area contributed by atoms with Crippen molar-refractivity contribution in [2.24, 2.45) is 12.2 Å². The highest BCUT2D eigenvalue weighted by atomic mass is 32.2. The van der Waals surface area contributed by atoms with Crippen LogP contribution in [0.1, 0.15) is 25.2 Å². The number of nitrogen functional groups attached to an aromatic ring is 1. The number of hydrogen-bond acceptors (Lipinski definition) is 12. The molecule has 0 bridgehead atoms. The van der Waals surface area contributed by atoms with Gasteiger partial charge < -0.3 is 31.1 Å². The summed E-state index contributed by atoms with van der Waals surface area (Å²) in [5.74, 6) is -3.80. The number of hydrogen-bond donors (Lipinski definition) is 5. The Kier molecular flexibility index (Phi) is 9.31. The molecule has 2 atom stereocenters. The molecule has 0 saturated carbocycles. The first-order valence-corrected chi connectivity index (χ1v) is 17.8. The van der Waals surface area contributed by atoms with E-state index in [9.17, 15) is 29.4 Å². The van der Waals surface area contributed by atoms with Crippen LogP contribution in [0.2, 0.25) is 0 Å². The highest BCUT2D eigenvalue weighted by Crippen LogP contribution is 2.42. The van der Waals surface area contributed by atoms with Crippen molar-refractivity contribution in [1.82, 2.24) is 25.2 Å². The molecule has 5 heterocycles. The number of aromatic nitrogens is 4. The molecule has 6 rings (SSSR count). The number of aromatic amines is 1. The second-order valence-electron chi connectivity index (χ2n) is 11.9. The Bertz CT molecular complexity index is 2150. The van der Waals surface area contributed by atoms with Crippen molar-refractivity contribution in [3.05, 3.63) is 64.4 Å². The number of carboxylic acids is 2. The van der Waals surface area contributed by atoms with Gasteiger partial charge in [-0.05, 0) is 32.4 Å². The van der Waals surface area contributed by atoms with Crippen LogP contribution < -0.4 is 15.6 Å². The Morgan fingerprint density at radius 3 is 2.72 bits per heavy atom. The molecular formula is C31H30FN8O7S3+. The molecule has 0 spiro atoms. The molecule has 260 valence electrons. The summed E-state index contributed by atoms with van der Waals surface area (Å²) in [6, 6.07) is 3.85. The molecule has 50 heavy (non-hydrogen) atoms. The molecule has 19 heteroatoms. The Hall–Kier alpha value is -5.01. The number of thioether (sulfide) groups is 2. The maximum Gasteiger partial charge on any atom is 0.352 e. The Labute approximate surface area is 295 Å². The number of fused-ring (bicyclic) bond motifs is 2. The van der Waals surface area contributed by atoms with Gasteiger partial charge in [-0.2, -0.15) is 0 Å². The summed E-state index contributed by atoms with van der Waals surface area (Å²) in [6.07, 6.45) is 3.45. The lowest BCUT2D eigenvalue weighted by atomic mass is 10.0. The summed E-state index contributed by atoms with van der Waals surface area (Å²) in [5.41, 5.74) is 5.68. The number of H-pyrrole nitrogens is 1. The number of nitrogens with zero attached hydrogens (tertiary/aromatic N) is 5. The SMILES string of the molecule is Cc1cnc(-c2cc3c(cc2F)c(SCC2=C(C(=O)O)N4C(=O)C(NC(=O)/C(=N\OC(C)(C)C(=O)O)c5csc(N)n5)[C@H]4SC2)cc[n+]3C)[nH]1. The second-order valence-corrected chi connectivity index (χ2v) is 14.9. The molecule has 15 nitrogen and oxygen atoms in total. The molecule has 1 aromatic carbocycles. The number of carbonyl (C=O) groups is 4. The number of anilines is 1. The van der Waals surface area contributed by atoms with E-state index in [2.05, 4.69) is 25.4 Å². The molecule has 0 aliphatic carbocycles. The summed E-state index contributed by atoms with van der Waals surface area (Å²) in [5, 5.41) is 27.3. The number of carbonyl (C=O) groups excluding carboxylic acids is 2. The van der Waals surface area contributed by atoms with Crippen LogP contribution in [-0.4, -0.2) is 88.1 Å². The van der Waals surface area contributed by atoms with Gasteiger partial charge in [-0.1, -0.05) is 5.16 Å². The number of rotatable bonds is 11. The van der Waals surface area contributed by atoms with Gasteiger partial charge in [0.2, 0.25) is 11.1 Å². The number of carboxylic acid groups (broad SMARTS) is 2. The van der Waals surface area contributed by atoms with Gasteiger partial charge >= 0.3 is 11.9 Å². The third-order valence-electron chi connectivity index (χ3n) is 7.94. The molecule has 1 fully saturated rings. The number of thiazole rings is 1. The monoisotopic (exact) mass is 741 g/mol. The molecule has 4 aromatic rings. The van der Waals surface area contributed by atoms with Gasteiger partial charge in [-0.3, -0.25) is 14.5 Å². The minimum absolute atomic E-state index is 0.00532. The molecule has 2 amide bonds. The average molecular weight is 742 g/mol. The third kappa shape index (κ3) is 6.50. The maximum atomic E-state index is 15.3. The quantitative estimate of drug-likeness (QED) is 0.0493. The lowest BCUT2D eigenvalue weighted by Crippen LogP contribution is -2.71. The van der Waals surface area contributed by atoms with E-state index in [1.165, 1.54) is 48.8 Å². The van der Waals surface area contributed by atoms with Crippen LogP contribution in [0.3, 0.4) is 0 Å². The number of pyridine rings is 1. The summed E-state index contributed by atoms with van der Waals surface area (Å²) in [7, 11) is 1.84. The number of nitrogens with two attached hydrogens (primary N) is 1. The van der Waals surface area contributed by atoms with E-state index in [1.54, 1.807) is 12.3 Å². The van der Waals surface area contributed by atoms with Gasteiger partial charge in [-0.15, -0.1) is 34.9 Å². The van der Waals surface area contributed by atoms with Crippen LogP contribution >= 0.6 is 34.9 Å². The minimum Gasteiger partial charge on any atom is -0.478 e. The van der Waals surface area contributed by atoms with Crippen molar-refractivity contribution >= 4 is 80.4 Å². The molecule has 3 aromatic heterocycles. The fraction of sp³-hybridized carbons (Fsp3) is 0.290. The fourth-order valence-electron chi connectivity index (χ4n) is 5.23. The summed E-state index contributed by atoms with van der Waals surface area (Å²) in [6.45, 7) is 4.31. The number of halogens is 1. The number of benzene rings is 1. The summed E-state index contributed by atoms with van der Waals surface area (Å²) < 4.78 is 17.2. The normalized spacial score (nSPS) is 17.8. The van der Waals surface area contributed by atoms with Crippen LogP contribution in [-0.2, 0) is 31.1 Å². The van der Waals surface area contributed by atoms with Gasteiger partial charge in [-0.25, -0.2) is 28.5 Å². The largest absolute Gasteiger partial charge is 0.478 e. The number of aryl methyl sites for hydroxylation is 2. The smallest absolute Gasteiger partial charge is 0.352 e. The first kappa shape index (κ1) is 34.8. The third-order valence-corrected chi connectivity index (χ3v) is 11.1. The van der Waals surface area contributed by atoms with E-state index in [0.29, 0.717) is 27.2 Å². The zero-order chi connectivity index (χ0) is 36.1. The topological polar surface area (TPSA) is 217 Å². The van der Waals surface area contributed by atoms with Gasteiger partial charge in [0.05, 0.1) is 10.9 Å². The lowest BCUT2D eigenvalue weighted by molar-refractivity contribution is -0.645. The average Bonchev–Trinajstić information content (AvgIpc) is 3.70. The van der Waals surface area contributed by atoms with Gasteiger partial charge in [0, 0.05) is 45.8 Å². The van der Waals surface area contributed by atoms with Crippen LogP contribution in [0.15, 0.2) is 57.3 Å². The van der Waals surface area contributed by atoms with Crippen molar-refractivity contribution in [3.8, 4) is 11.4 Å². The summed E-state index contributed by atoms with van der Waals surface area (Å²) >= 11 is 3.61. The Morgan fingerprint density at radius 1 is 1.32 bits per heavy atom. The highest BCUT2D eigenvalue weighted by Gasteiger charge is 2.54. The van der Waals surface area contributed by atoms with Crippen molar-refractivity contribution in [2.75, 3.05) is 17.2 Å². The van der Waals surface area contributed by atoms with Gasteiger partial charge in [0.25, 0.3) is 11.8 Å². The number of nitrogens with one attached hydrogen (secondary N) is 2. The zero-order valence-corrected chi connectivity index (χ0v) is 29.3. The first-order valence-electron chi connectivity index (χ1n) is 14.8. The molecule has 2 aliphatic rings. The van der Waals surface area contributed by atoms with E-state index >= 15 is 4.39 Å². The molecule has 2 aliphatic heterocycles. The number of imidazole rings is 1.